The maximum absolute atomic E-state index is 12.0. The van der Waals surface area contributed by atoms with Crippen LogP contribution in [0.1, 0.15) is 16.7 Å². The molecule has 2 aromatic rings. The fourth-order valence-corrected chi connectivity index (χ4v) is 1.98. The van der Waals surface area contributed by atoms with Crippen molar-refractivity contribution in [3.8, 4) is 0 Å². The summed E-state index contributed by atoms with van der Waals surface area (Å²) in [5.41, 5.74) is 8.09. The summed E-state index contributed by atoms with van der Waals surface area (Å²) < 4.78 is 2.47. The Morgan fingerprint density at radius 1 is 1.16 bits per heavy atom. The monoisotopic (exact) mass is 259 g/mol. The number of aromatic nitrogens is 2. The molecule has 0 bridgehead atoms. The molecule has 1 aromatic heterocycles. The highest BCUT2D eigenvalue weighted by atomic mass is 16.2. The molecule has 1 aromatic carbocycles. The number of benzene rings is 1. The Morgan fingerprint density at radius 3 is 2.47 bits per heavy atom. The normalized spacial score (nSPS) is 10.7. The van der Waals surface area contributed by atoms with E-state index in [-0.39, 0.29) is 17.9 Å². The van der Waals surface area contributed by atoms with E-state index in [0.717, 1.165) is 15.7 Å². The van der Waals surface area contributed by atoms with Gasteiger partial charge in [0.15, 0.2) is 0 Å². The fraction of sp³-hybridized carbons (Fsp3) is 0.286. The summed E-state index contributed by atoms with van der Waals surface area (Å²) in [6.07, 6.45) is 1.35. The molecular formula is C14H17N3O2. The highest BCUT2D eigenvalue weighted by Gasteiger charge is 2.08. The third-order valence-corrected chi connectivity index (χ3v) is 3.27. The molecule has 19 heavy (non-hydrogen) atoms. The van der Waals surface area contributed by atoms with Crippen LogP contribution in [0, 0.1) is 13.8 Å². The minimum Gasteiger partial charge on any atom is -0.393 e. The third kappa shape index (κ3) is 2.45. The van der Waals surface area contributed by atoms with E-state index in [1.807, 2.05) is 32.0 Å². The van der Waals surface area contributed by atoms with E-state index in [1.54, 1.807) is 7.05 Å². The maximum atomic E-state index is 12.0. The van der Waals surface area contributed by atoms with Crippen molar-refractivity contribution in [2.75, 3.05) is 5.73 Å². The standard InChI is InChI=1S/C14H17N3O2/c1-9-4-5-11(6-10(9)2)7-17-13(18)12(15)8-16(3)14(17)19/h4-6,8H,7,15H2,1-3H3. The molecule has 100 valence electrons. The number of aryl methyl sites for hydroxylation is 3. The van der Waals surface area contributed by atoms with Gasteiger partial charge in [0.05, 0.1) is 6.54 Å². The largest absolute Gasteiger partial charge is 0.393 e. The van der Waals surface area contributed by atoms with Gasteiger partial charge in [0.25, 0.3) is 5.56 Å². The smallest absolute Gasteiger partial charge is 0.331 e. The van der Waals surface area contributed by atoms with Crippen molar-refractivity contribution in [3.63, 3.8) is 0 Å². The van der Waals surface area contributed by atoms with Gasteiger partial charge in [0.1, 0.15) is 5.69 Å². The van der Waals surface area contributed by atoms with Gasteiger partial charge >= 0.3 is 5.69 Å². The minimum atomic E-state index is -0.443. The van der Waals surface area contributed by atoms with Gasteiger partial charge in [-0.1, -0.05) is 18.2 Å². The zero-order valence-electron chi connectivity index (χ0n) is 11.3. The number of hydrogen-bond acceptors (Lipinski definition) is 3. The number of nitrogen functional groups attached to an aromatic ring is 1. The van der Waals surface area contributed by atoms with Gasteiger partial charge in [-0.05, 0) is 30.5 Å². The van der Waals surface area contributed by atoms with Crippen LogP contribution in [-0.4, -0.2) is 9.13 Å². The molecule has 2 rings (SSSR count). The van der Waals surface area contributed by atoms with Crippen molar-refractivity contribution in [3.05, 3.63) is 61.9 Å². The van der Waals surface area contributed by atoms with Crippen LogP contribution in [0.25, 0.3) is 0 Å². The van der Waals surface area contributed by atoms with E-state index in [2.05, 4.69) is 0 Å². The van der Waals surface area contributed by atoms with E-state index < -0.39 is 5.56 Å². The SMILES string of the molecule is Cc1ccc(Cn2c(=O)c(N)cn(C)c2=O)cc1C. The average molecular weight is 259 g/mol. The Balaban J connectivity index is 2.52. The second kappa shape index (κ2) is 4.76. The molecule has 0 fully saturated rings. The van der Waals surface area contributed by atoms with Crippen LogP contribution in [0.2, 0.25) is 0 Å². The zero-order valence-corrected chi connectivity index (χ0v) is 11.3. The Labute approximate surface area is 110 Å². The van der Waals surface area contributed by atoms with Crippen molar-refractivity contribution in [2.24, 2.45) is 7.05 Å². The molecular weight excluding hydrogens is 242 g/mol. The molecule has 0 aliphatic rings. The summed E-state index contributed by atoms with van der Waals surface area (Å²) in [5, 5.41) is 0. The predicted molar refractivity (Wildman–Crippen MR) is 75.4 cm³/mol. The van der Waals surface area contributed by atoms with Gasteiger partial charge in [-0.25, -0.2) is 4.79 Å². The summed E-state index contributed by atoms with van der Waals surface area (Å²) in [5.74, 6) is 0. The van der Waals surface area contributed by atoms with Crippen LogP contribution >= 0.6 is 0 Å². The molecule has 1 heterocycles. The molecule has 0 amide bonds. The molecule has 0 spiro atoms. The Morgan fingerprint density at radius 2 is 1.84 bits per heavy atom. The Hall–Kier alpha value is -2.30. The summed E-state index contributed by atoms with van der Waals surface area (Å²) in [7, 11) is 1.58. The number of hydrogen-bond donors (Lipinski definition) is 1. The molecule has 0 unspecified atom stereocenters. The first kappa shape index (κ1) is 13.1. The van der Waals surface area contributed by atoms with E-state index in [1.165, 1.54) is 16.3 Å². The van der Waals surface area contributed by atoms with Crippen molar-refractivity contribution in [1.29, 1.82) is 0 Å². The number of rotatable bonds is 2. The number of nitrogens with two attached hydrogens (primary N) is 1. The summed E-state index contributed by atoms with van der Waals surface area (Å²) in [6.45, 7) is 4.25. The summed E-state index contributed by atoms with van der Waals surface area (Å²) in [4.78, 5) is 23.9. The van der Waals surface area contributed by atoms with Crippen molar-refractivity contribution in [1.82, 2.24) is 9.13 Å². The van der Waals surface area contributed by atoms with Crippen LogP contribution in [-0.2, 0) is 13.6 Å². The molecule has 0 atom stereocenters. The number of anilines is 1. The Bertz CT molecular complexity index is 707. The summed E-state index contributed by atoms with van der Waals surface area (Å²) in [6, 6.07) is 5.87. The van der Waals surface area contributed by atoms with Crippen LogP contribution in [0.3, 0.4) is 0 Å². The third-order valence-electron chi connectivity index (χ3n) is 3.27. The van der Waals surface area contributed by atoms with E-state index >= 15 is 0 Å². The lowest BCUT2D eigenvalue weighted by atomic mass is 10.1. The molecule has 0 radical (unpaired) electrons. The maximum Gasteiger partial charge on any atom is 0.331 e. The highest BCUT2D eigenvalue weighted by Crippen LogP contribution is 2.10. The van der Waals surface area contributed by atoms with Gasteiger partial charge in [0, 0.05) is 13.2 Å². The zero-order chi connectivity index (χ0) is 14.2. The lowest BCUT2D eigenvalue weighted by molar-refractivity contribution is 0.643. The Kier molecular flexibility index (Phi) is 3.29. The highest BCUT2D eigenvalue weighted by molar-refractivity contribution is 5.33. The molecule has 5 nitrogen and oxygen atoms in total. The molecule has 0 aliphatic carbocycles. The molecule has 0 saturated carbocycles. The second-order valence-electron chi connectivity index (χ2n) is 4.79. The topological polar surface area (TPSA) is 70.0 Å². The number of nitrogens with zero attached hydrogens (tertiary/aromatic N) is 2. The first-order valence-electron chi connectivity index (χ1n) is 6.02. The first-order chi connectivity index (χ1) is 8.90. The van der Waals surface area contributed by atoms with Gasteiger partial charge in [-0.2, -0.15) is 0 Å². The van der Waals surface area contributed by atoms with E-state index in [0.29, 0.717) is 0 Å². The summed E-state index contributed by atoms with van der Waals surface area (Å²) >= 11 is 0. The molecule has 2 N–H and O–H groups in total. The van der Waals surface area contributed by atoms with Gasteiger partial charge in [0.2, 0.25) is 0 Å². The molecule has 5 heteroatoms. The average Bonchev–Trinajstić information content (AvgIpc) is 2.36. The lowest BCUT2D eigenvalue weighted by Crippen LogP contribution is -2.39. The quantitative estimate of drug-likeness (QED) is 0.867. The minimum absolute atomic E-state index is 0.0749. The fourth-order valence-electron chi connectivity index (χ4n) is 1.98. The van der Waals surface area contributed by atoms with Crippen LogP contribution < -0.4 is 17.0 Å². The van der Waals surface area contributed by atoms with Crippen LogP contribution in [0.5, 0.6) is 0 Å². The lowest BCUT2D eigenvalue weighted by Gasteiger charge is -2.09. The first-order valence-corrected chi connectivity index (χ1v) is 6.02. The van der Waals surface area contributed by atoms with E-state index in [4.69, 9.17) is 5.73 Å². The van der Waals surface area contributed by atoms with Crippen molar-refractivity contribution < 1.29 is 0 Å². The van der Waals surface area contributed by atoms with Gasteiger partial charge in [-0.15, -0.1) is 0 Å². The molecule has 0 saturated heterocycles. The van der Waals surface area contributed by atoms with Crippen LogP contribution in [0.4, 0.5) is 5.69 Å². The second-order valence-corrected chi connectivity index (χ2v) is 4.79. The van der Waals surface area contributed by atoms with E-state index in [9.17, 15) is 9.59 Å². The van der Waals surface area contributed by atoms with Gasteiger partial charge in [-0.3, -0.25) is 9.36 Å². The van der Waals surface area contributed by atoms with Crippen LogP contribution in [0.15, 0.2) is 34.0 Å². The molecule has 0 aliphatic heterocycles. The van der Waals surface area contributed by atoms with Crippen molar-refractivity contribution in [2.45, 2.75) is 20.4 Å². The van der Waals surface area contributed by atoms with Gasteiger partial charge < -0.3 is 10.3 Å². The van der Waals surface area contributed by atoms with Crippen molar-refractivity contribution >= 4 is 5.69 Å². The predicted octanol–water partition coefficient (Wildman–Crippen LogP) is 0.794.